The van der Waals surface area contributed by atoms with Gasteiger partial charge >= 0.3 is 0 Å². The summed E-state index contributed by atoms with van der Waals surface area (Å²) < 4.78 is 0.980. The van der Waals surface area contributed by atoms with Crippen molar-refractivity contribution in [2.45, 2.75) is 13.0 Å². The molecule has 0 saturated heterocycles. The van der Waals surface area contributed by atoms with Crippen LogP contribution in [0.3, 0.4) is 0 Å². The van der Waals surface area contributed by atoms with Gasteiger partial charge in [0.05, 0.1) is 0 Å². The summed E-state index contributed by atoms with van der Waals surface area (Å²) in [5, 5.41) is 12.8. The minimum atomic E-state index is -0.641. The first kappa shape index (κ1) is 13.3. The first-order valence-electron chi connectivity index (χ1n) is 6.43. The Hall–Kier alpha value is -1.71. The molecule has 0 aliphatic heterocycles. The van der Waals surface area contributed by atoms with Gasteiger partial charge in [-0.25, -0.2) is 0 Å². The summed E-state index contributed by atoms with van der Waals surface area (Å²) in [5.41, 5.74) is 2.92. The number of benzene rings is 2. The van der Waals surface area contributed by atoms with Crippen molar-refractivity contribution in [1.82, 2.24) is 4.98 Å². The highest BCUT2D eigenvalue weighted by Gasteiger charge is 2.14. The summed E-state index contributed by atoms with van der Waals surface area (Å²) >= 11 is 3.48. The van der Waals surface area contributed by atoms with Crippen LogP contribution in [0.25, 0.3) is 10.8 Å². The molecule has 3 rings (SSSR count). The number of fused-ring (bicyclic) bond motifs is 1. The Labute approximate surface area is 126 Å². The number of hydrogen-bond donors (Lipinski definition) is 1. The number of aliphatic hydroxyl groups is 1. The normalized spacial score (nSPS) is 12.6. The molecule has 0 fully saturated rings. The van der Waals surface area contributed by atoms with Crippen LogP contribution in [0.2, 0.25) is 0 Å². The summed E-state index contributed by atoms with van der Waals surface area (Å²) in [5.74, 6) is 0. The molecule has 1 aromatic heterocycles. The molecule has 3 aromatic rings. The van der Waals surface area contributed by atoms with Gasteiger partial charge in [0.15, 0.2) is 0 Å². The number of rotatable bonds is 2. The molecular weight excluding hydrogens is 314 g/mol. The van der Waals surface area contributed by atoms with Gasteiger partial charge in [0.2, 0.25) is 0 Å². The smallest absolute Gasteiger partial charge is 0.105 e. The number of pyridine rings is 1. The Morgan fingerprint density at radius 3 is 2.80 bits per heavy atom. The molecule has 1 N–H and O–H groups in total. The maximum Gasteiger partial charge on any atom is 0.105 e. The van der Waals surface area contributed by atoms with Crippen LogP contribution in [0.5, 0.6) is 0 Å². The van der Waals surface area contributed by atoms with Gasteiger partial charge in [-0.3, -0.25) is 4.98 Å². The lowest BCUT2D eigenvalue weighted by atomic mass is 9.96. The van der Waals surface area contributed by atoms with Gasteiger partial charge in [-0.1, -0.05) is 40.2 Å². The Morgan fingerprint density at radius 1 is 1.15 bits per heavy atom. The van der Waals surface area contributed by atoms with Crippen LogP contribution in [0.4, 0.5) is 0 Å². The van der Waals surface area contributed by atoms with Crippen molar-refractivity contribution in [2.24, 2.45) is 0 Å². The van der Waals surface area contributed by atoms with E-state index in [4.69, 9.17) is 0 Å². The lowest BCUT2D eigenvalue weighted by molar-refractivity contribution is 0.222. The molecular formula is C17H14BrNO. The summed E-state index contributed by atoms with van der Waals surface area (Å²) in [6.45, 7) is 2.02. The first-order valence-corrected chi connectivity index (χ1v) is 7.22. The van der Waals surface area contributed by atoms with Crippen LogP contribution >= 0.6 is 15.9 Å². The third kappa shape index (κ3) is 2.47. The highest BCUT2D eigenvalue weighted by Crippen LogP contribution is 2.30. The number of aromatic nitrogens is 1. The average Bonchev–Trinajstić information content (AvgIpc) is 2.45. The van der Waals surface area contributed by atoms with Crippen molar-refractivity contribution in [3.05, 3.63) is 76.0 Å². The van der Waals surface area contributed by atoms with E-state index in [1.54, 1.807) is 6.20 Å². The fourth-order valence-corrected chi connectivity index (χ4v) is 3.11. The second kappa shape index (κ2) is 5.35. The summed E-state index contributed by atoms with van der Waals surface area (Å²) in [6.07, 6.45) is 2.93. The van der Waals surface area contributed by atoms with E-state index in [1.807, 2.05) is 55.6 Å². The molecule has 0 spiro atoms. The van der Waals surface area contributed by atoms with Crippen molar-refractivity contribution >= 4 is 26.7 Å². The Balaban J connectivity index is 2.15. The third-order valence-electron chi connectivity index (χ3n) is 3.39. The lowest BCUT2D eigenvalue weighted by Gasteiger charge is -2.15. The van der Waals surface area contributed by atoms with Crippen molar-refractivity contribution in [2.75, 3.05) is 0 Å². The largest absolute Gasteiger partial charge is 0.384 e. The zero-order valence-electron chi connectivity index (χ0n) is 11.0. The Bertz CT molecular complexity index is 744. The minimum Gasteiger partial charge on any atom is -0.384 e. The molecule has 0 amide bonds. The van der Waals surface area contributed by atoms with Crippen molar-refractivity contribution in [3.63, 3.8) is 0 Å². The average molecular weight is 328 g/mol. The molecule has 3 heteroatoms. The van der Waals surface area contributed by atoms with E-state index in [9.17, 15) is 5.11 Å². The molecule has 1 heterocycles. The molecule has 1 atom stereocenters. The number of halogens is 1. The number of nitrogens with zero attached hydrogens (tertiary/aromatic N) is 1. The van der Waals surface area contributed by atoms with Gasteiger partial charge in [-0.05, 0) is 47.2 Å². The molecule has 2 aromatic carbocycles. The van der Waals surface area contributed by atoms with E-state index in [1.165, 1.54) is 0 Å². The predicted octanol–water partition coefficient (Wildman–Crippen LogP) is 4.39. The van der Waals surface area contributed by atoms with Gasteiger partial charge in [0.25, 0.3) is 0 Å². The molecule has 20 heavy (non-hydrogen) atoms. The van der Waals surface area contributed by atoms with Crippen LogP contribution in [-0.4, -0.2) is 10.1 Å². The zero-order chi connectivity index (χ0) is 14.1. The van der Waals surface area contributed by atoms with Crippen molar-refractivity contribution < 1.29 is 5.11 Å². The van der Waals surface area contributed by atoms with Crippen LogP contribution < -0.4 is 0 Å². The molecule has 0 aliphatic carbocycles. The third-order valence-corrected chi connectivity index (χ3v) is 3.85. The first-order chi connectivity index (χ1) is 9.65. The van der Waals surface area contributed by atoms with Gasteiger partial charge in [0.1, 0.15) is 6.10 Å². The van der Waals surface area contributed by atoms with Gasteiger partial charge in [0, 0.05) is 22.3 Å². The molecule has 100 valence electrons. The minimum absolute atomic E-state index is 0.641. The van der Waals surface area contributed by atoms with Crippen molar-refractivity contribution in [3.8, 4) is 0 Å². The fraction of sp³-hybridized carbons (Fsp3) is 0.118. The lowest BCUT2D eigenvalue weighted by Crippen LogP contribution is -2.01. The van der Waals surface area contributed by atoms with Crippen LogP contribution in [0, 0.1) is 6.92 Å². The SMILES string of the molecule is Cc1cc(Br)cc(C(O)c2cccc3cnccc23)c1. The van der Waals surface area contributed by atoms with E-state index in [-0.39, 0.29) is 0 Å². The van der Waals surface area contributed by atoms with Crippen LogP contribution in [-0.2, 0) is 0 Å². The second-order valence-electron chi connectivity index (χ2n) is 4.91. The number of aryl methyl sites for hydroxylation is 1. The summed E-state index contributed by atoms with van der Waals surface area (Å²) in [7, 11) is 0. The van der Waals surface area contributed by atoms with E-state index in [0.29, 0.717) is 0 Å². The quantitative estimate of drug-likeness (QED) is 0.757. The molecule has 2 nitrogen and oxygen atoms in total. The van der Waals surface area contributed by atoms with Gasteiger partial charge in [-0.2, -0.15) is 0 Å². The van der Waals surface area contributed by atoms with Gasteiger partial charge in [-0.15, -0.1) is 0 Å². The maximum atomic E-state index is 10.7. The topological polar surface area (TPSA) is 33.1 Å². The summed E-state index contributed by atoms with van der Waals surface area (Å²) in [4.78, 5) is 4.13. The highest BCUT2D eigenvalue weighted by atomic mass is 79.9. The summed E-state index contributed by atoms with van der Waals surface area (Å²) in [6, 6.07) is 13.9. The predicted molar refractivity (Wildman–Crippen MR) is 84.7 cm³/mol. The van der Waals surface area contributed by atoms with E-state index in [2.05, 4.69) is 20.9 Å². The second-order valence-corrected chi connectivity index (χ2v) is 5.82. The molecule has 0 bridgehead atoms. The van der Waals surface area contributed by atoms with E-state index < -0.39 is 6.10 Å². The Kier molecular flexibility index (Phi) is 3.55. The fourth-order valence-electron chi connectivity index (χ4n) is 2.49. The molecule has 0 aliphatic rings. The van der Waals surface area contributed by atoms with E-state index in [0.717, 1.165) is 31.9 Å². The highest BCUT2D eigenvalue weighted by molar-refractivity contribution is 9.10. The van der Waals surface area contributed by atoms with Crippen LogP contribution in [0.15, 0.2) is 59.3 Å². The maximum absolute atomic E-state index is 10.7. The number of hydrogen-bond acceptors (Lipinski definition) is 2. The molecule has 1 unspecified atom stereocenters. The van der Waals surface area contributed by atoms with Crippen molar-refractivity contribution in [1.29, 1.82) is 0 Å². The molecule has 0 radical (unpaired) electrons. The van der Waals surface area contributed by atoms with Gasteiger partial charge < -0.3 is 5.11 Å². The van der Waals surface area contributed by atoms with E-state index >= 15 is 0 Å². The van der Waals surface area contributed by atoms with Crippen LogP contribution in [0.1, 0.15) is 22.8 Å². The standard InChI is InChI=1S/C17H14BrNO/c1-11-7-13(9-14(18)8-11)17(20)16-4-2-3-12-10-19-6-5-15(12)16/h2-10,17,20H,1H3. The Morgan fingerprint density at radius 2 is 2.00 bits per heavy atom. The zero-order valence-corrected chi connectivity index (χ0v) is 12.6. The monoisotopic (exact) mass is 327 g/mol. The number of aliphatic hydroxyl groups excluding tert-OH is 1. The molecule has 0 saturated carbocycles.